The molecule has 1 unspecified atom stereocenters. The normalized spacial score (nSPS) is 12.1. The molecule has 0 saturated heterocycles. The summed E-state index contributed by atoms with van der Waals surface area (Å²) in [7, 11) is 3.28. The molecule has 19 heavy (non-hydrogen) atoms. The molecule has 0 saturated carbocycles. The van der Waals surface area contributed by atoms with Crippen molar-refractivity contribution >= 4 is 0 Å². The zero-order valence-corrected chi connectivity index (χ0v) is 10.8. The predicted octanol–water partition coefficient (Wildman–Crippen LogP) is 1.84. The van der Waals surface area contributed by atoms with E-state index < -0.39 is 0 Å². The van der Waals surface area contributed by atoms with Crippen LogP contribution in [0.2, 0.25) is 0 Å². The number of ether oxygens (including phenoxy) is 1. The first kappa shape index (κ1) is 13.1. The molecule has 0 aliphatic heterocycles. The van der Waals surface area contributed by atoms with Gasteiger partial charge >= 0.3 is 0 Å². The molecule has 0 fully saturated rings. The number of aryl methyl sites for hydroxylation is 1. The molecular formula is C13H15N3O3. The number of benzene rings is 1. The fourth-order valence-corrected chi connectivity index (χ4v) is 2.15. The Morgan fingerprint density at radius 1 is 1.42 bits per heavy atom. The minimum absolute atomic E-state index is 0.188. The highest BCUT2D eigenvalue weighted by Crippen LogP contribution is 2.31. The maximum atomic E-state index is 10.9. The van der Waals surface area contributed by atoms with E-state index in [2.05, 4.69) is 5.10 Å². The second-order valence-corrected chi connectivity index (χ2v) is 4.21. The van der Waals surface area contributed by atoms with Crippen LogP contribution >= 0.6 is 0 Å². The van der Waals surface area contributed by atoms with E-state index in [9.17, 15) is 10.1 Å². The van der Waals surface area contributed by atoms with Crippen LogP contribution < -0.4 is 4.74 Å². The Balaban J connectivity index is 2.46. The van der Waals surface area contributed by atoms with Gasteiger partial charge in [0.1, 0.15) is 0 Å². The van der Waals surface area contributed by atoms with E-state index in [-0.39, 0.29) is 17.4 Å². The summed E-state index contributed by atoms with van der Waals surface area (Å²) in [6.07, 6.45) is 1.62. The molecule has 1 aromatic heterocycles. The van der Waals surface area contributed by atoms with Gasteiger partial charge in [-0.05, 0) is 5.56 Å². The Morgan fingerprint density at radius 3 is 2.68 bits per heavy atom. The number of hydrogen-bond acceptors (Lipinski definition) is 4. The molecule has 0 aliphatic carbocycles. The van der Waals surface area contributed by atoms with Crippen LogP contribution in [0, 0.1) is 10.1 Å². The summed E-state index contributed by atoms with van der Waals surface area (Å²) in [6, 6.07) is 9.37. The van der Waals surface area contributed by atoms with Gasteiger partial charge in [0.2, 0.25) is 12.4 Å². The van der Waals surface area contributed by atoms with Crippen molar-refractivity contribution in [1.29, 1.82) is 0 Å². The van der Waals surface area contributed by atoms with Gasteiger partial charge in [0.15, 0.2) is 0 Å². The lowest BCUT2D eigenvalue weighted by Gasteiger charge is -2.13. The standard InChI is InChI=1S/C13H15N3O3/c1-15-13(19-2)11(8-14-15)12(9-16(17)18)10-6-4-3-5-7-10/h3-8,12H,9H2,1-2H3. The first-order valence-electron chi connectivity index (χ1n) is 5.86. The van der Waals surface area contributed by atoms with Crippen molar-refractivity contribution in [2.45, 2.75) is 5.92 Å². The lowest BCUT2D eigenvalue weighted by molar-refractivity contribution is -0.481. The lowest BCUT2D eigenvalue weighted by Crippen LogP contribution is -2.14. The molecule has 0 aliphatic rings. The van der Waals surface area contributed by atoms with E-state index in [0.717, 1.165) is 11.1 Å². The topological polar surface area (TPSA) is 70.2 Å². The maximum absolute atomic E-state index is 10.9. The van der Waals surface area contributed by atoms with Gasteiger partial charge in [-0.15, -0.1) is 0 Å². The van der Waals surface area contributed by atoms with Crippen LogP contribution in [0.25, 0.3) is 0 Å². The second kappa shape index (κ2) is 5.51. The van der Waals surface area contributed by atoms with Crippen LogP contribution in [0.15, 0.2) is 36.5 Å². The van der Waals surface area contributed by atoms with E-state index in [4.69, 9.17) is 4.74 Å². The van der Waals surface area contributed by atoms with Crippen LogP contribution in [0.5, 0.6) is 5.88 Å². The van der Waals surface area contributed by atoms with Gasteiger partial charge in [0.25, 0.3) is 0 Å². The molecular weight excluding hydrogens is 246 g/mol. The summed E-state index contributed by atoms with van der Waals surface area (Å²) in [5, 5.41) is 15.0. The lowest BCUT2D eigenvalue weighted by atomic mass is 9.93. The number of nitro groups is 1. The third-order valence-electron chi connectivity index (χ3n) is 3.01. The van der Waals surface area contributed by atoms with Crippen molar-refractivity contribution in [2.75, 3.05) is 13.7 Å². The van der Waals surface area contributed by atoms with Gasteiger partial charge in [-0.2, -0.15) is 5.10 Å². The van der Waals surface area contributed by atoms with E-state index in [1.165, 1.54) is 7.11 Å². The zero-order valence-electron chi connectivity index (χ0n) is 10.8. The van der Waals surface area contributed by atoms with Crippen molar-refractivity contribution in [1.82, 2.24) is 9.78 Å². The minimum Gasteiger partial charge on any atom is -0.481 e. The summed E-state index contributed by atoms with van der Waals surface area (Å²) in [5.74, 6) is 0.190. The molecule has 6 nitrogen and oxygen atoms in total. The van der Waals surface area contributed by atoms with Gasteiger partial charge in [-0.1, -0.05) is 30.3 Å². The Labute approximate surface area is 110 Å². The van der Waals surface area contributed by atoms with E-state index in [1.54, 1.807) is 17.9 Å². The Bertz CT molecular complexity index is 566. The summed E-state index contributed by atoms with van der Waals surface area (Å²) < 4.78 is 6.85. The van der Waals surface area contributed by atoms with E-state index in [1.807, 2.05) is 30.3 Å². The monoisotopic (exact) mass is 261 g/mol. The van der Waals surface area contributed by atoms with Gasteiger partial charge in [0, 0.05) is 17.5 Å². The summed E-state index contributed by atoms with van der Waals surface area (Å²) in [5.41, 5.74) is 1.61. The molecule has 0 amide bonds. The Morgan fingerprint density at radius 2 is 2.11 bits per heavy atom. The molecule has 1 atom stereocenters. The average Bonchev–Trinajstić information content (AvgIpc) is 2.77. The van der Waals surface area contributed by atoms with Crippen molar-refractivity contribution in [3.8, 4) is 5.88 Å². The number of hydrogen-bond donors (Lipinski definition) is 0. The van der Waals surface area contributed by atoms with Crippen LogP contribution in [-0.2, 0) is 7.05 Å². The smallest absolute Gasteiger partial charge is 0.215 e. The Kier molecular flexibility index (Phi) is 3.79. The van der Waals surface area contributed by atoms with Gasteiger partial charge in [-0.25, -0.2) is 4.68 Å². The zero-order chi connectivity index (χ0) is 13.8. The predicted molar refractivity (Wildman–Crippen MR) is 69.9 cm³/mol. The number of rotatable bonds is 5. The quantitative estimate of drug-likeness (QED) is 0.608. The Hall–Kier alpha value is -2.37. The first-order chi connectivity index (χ1) is 9.13. The van der Waals surface area contributed by atoms with Crippen molar-refractivity contribution in [3.05, 3.63) is 57.8 Å². The third kappa shape index (κ3) is 2.73. The molecule has 1 heterocycles. The summed E-state index contributed by atoms with van der Waals surface area (Å²) in [4.78, 5) is 10.6. The van der Waals surface area contributed by atoms with Crippen LogP contribution in [0.1, 0.15) is 17.0 Å². The molecule has 6 heteroatoms. The second-order valence-electron chi connectivity index (χ2n) is 4.21. The van der Waals surface area contributed by atoms with Gasteiger partial charge in [-0.3, -0.25) is 10.1 Å². The highest BCUT2D eigenvalue weighted by atomic mass is 16.6. The highest BCUT2D eigenvalue weighted by Gasteiger charge is 2.25. The molecule has 0 N–H and O–H groups in total. The maximum Gasteiger partial charge on any atom is 0.215 e. The molecule has 0 bridgehead atoms. The molecule has 2 rings (SSSR count). The minimum atomic E-state index is -0.361. The largest absolute Gasteiger partial charge is 0.481 e. The van der Waals surface area contributed by atoms with Crippen LogP contribution in [0.4, 0.5) is 0 Å². The van der Waals surface area contributed by atoms with Crippen molar-refractivity contribution in [2.24, 2.45) is 7.05 Å². The third-order valence-corrected chi connectivity index (χ3v) is 3.01. The van der Waals surface area contributed by atoms with E-state index >= 15 is 0 Å². The number of methoxy groups -OCH3 is 1. The first-order valence-corrected chi connectivity index (χ1v) is 5.86. The van der Waals surface area contributed by atoms with Crippen LogP contribution in [-0.4, -0.2) is 28.4 Å². The summed E-state index contributed by atoms with van der Waals surface area (Å²) in [6.45, 7) is -0.188. The molecule has 0 spiro atoms. The van der Waals surface area contributed by atoms with E-state index in [0.29, 0.717) is 5.88 Å². The molecule has 100 valence electrons. The van der Waals surface area contributed by atoms with Gasteiger partial charge < -0.3 is 4.74 Å². The molecule has 1 aromatic carbocycles. The highest BCUT2D eigenvalue weighted by molar-refractivity contribution is 5.37. The molecule has 2 aromatic rings. The number of nitrogens with zero attached hydrogens (tertiary/aromatic N) is 3. The average molecular weight is 261 g/mol. The van der Waals surface area contributed by atoms with Crippen molar-refractivity contribution < 1.29 is 9.66 Å². The fourth-order valence-electron chi connectivity index (χ4n) is 2.15. The summed E-state index contributed by atoms with van der Waals surface area (Å²) >= 11 is 0. The van der Waals surface area contributed by atoms with Crippen LogP contribution in [0.3, 0.4) is 0 Å². The SMILES string of the molecule is COc1c(C(C[N+](=O)[O-])c2ccccc2)cnn1C. The fraction of sp³-hybridized carbons (Fsp3) is 0.308. The van der Waals surface area contributed by atoms with Gasteiger partial charge in [0.05, 0.1) is 19.2 Å². The molecule has 0 radical (unpaired) electrons. The van der Waals surface area contributed by atoms with Crippen molar-refractivity contribution in [3.63, 3.8) is 0 Å². The number of aromatic nitrogens is 2.